The van der Waals surface area contributed by atoms with Crippen LogP contribution in [-0.4, -0.2) is 42.5 Å². The highest BCUT2D eigenvalue weighted by Gasteiger charge is 2.68. The molecule has 1 saturated heterocycles. The maximum Gasteiger partial charge on any atom is 0.222 e. The molecule has 28 heavy (non-hydrogen) atoms. The number of carbonyl (C=O) groups excluding carboxylic acids is 1. The van der Waals surface area contributed by atoms with Gasteiger partial charge in [0.2, 0.25) is 5.91 Å². The molecule has 2 saturated carbocycles. The summed E-state index contributed by atoms with van der Waals surface area (Å²) in [5.41, 5.74) is 0.728. The number of benzene rings is 1. The fourth-order valence-corrected chi connectivity index (χ4v) is 6.36. The predicted molar refractivity (Wildman–Crippen MR) is 104 cm³/mol. The van der Waals surface area contributed by atoms with Crippen LogP contribution in [0.15, 0.2) is 18.2 Å². The topological polar surface area (TPSA) is 88.0 Å². The van der Waals surface area contributed by atoms with Gasteiger partial charge in [-0.05, 0) is 48.0 Å². The molecule has 3 N–H and O–H groups in total. The third-order valence-corrected chi connectivity index (χ3v) is 7.71. The molecular weight excluding hydrogens is 358 g/mol. The van der Waals surface area contributed by atoms with Crippen molar-refractivity contribution < 1.29 is 24.5 Å². The van der Waals surface area contributed by atoms with E-state index in [4.69, 9.17) is 14.6 Å². The van der Waals surface area contributed by atoms with Crippen LogP contribution >= 0.6 is 0 Å². The van der Waals surface area contributed by atoms with E-state index in [1.165, 1.54) is 0 Å². The van der Waals surface area contributed by atoms with Gasteiger partial charge in [0, 0.05) is 24.6 Å². The molecule has 5 atom stereocenters. The van der Waals surface area contributed by atoms with Crippen molar-refractivity contribution in [2.45, 2.75) is 51.7 Å². The summed E-state index contributed by atoms with van der Waals surface area (Å²) in [4.78, 5) is 12.4. The lowest BCUT2D eigenvalue weighted by atomic mass is 9.58. The van der Waals surface area contributed by atoms with Crippen molar-refractivity contribution in [3.8, 4) is 11.5 Å². The van der Waals surface area contributed by atoms with Gasteiger partial charge in [0.25, 0.3) is 0 Å². The van der Waals surface area contributed by atoms with Crippen LogP contribution in [0.25, 0.3) is 0 Å². The number of fused-ring (bicyclic) bond motifs is 1. The number of aliphatic hydroxyl groups excluding tert-OH is 1. The highest BCUT2D eigenvalue weighted by Crippen LogP contribution is 2.70. The zero-order valence-electron chi connectivity index (χ0n) is 16.9. The number of rotatable bonds is 5. The van der Waals surface area contributed by atoms with Crippen LogP contribution in [0.4, 0.5) is 0 Å². The van der Waals surface area contributed by atoms with Crippen molar-refractivity contribution in [3.05, 3.63) is 23.8 Å². The average molecular weight is 389 g/mol. The summed E-state index contributed by atoms with van der Waals surface area (Å²) in [6, 6.07) is 5.59. The van der Waals surface area contributed by atoms with Crippen molar-refractivity contribution in [1.29, 1.82) is 0 Å². The number of methoxy groups -OCH3 is 1. The van der Waals surface area contributed by atoms with Crippen molar-refractivity contribution in [3.63, 3.8) is 0 Å². The summed E-state index contributed by atoms with van der Waals surface area (Å²) in [5, 5.41) is 23.1. The van der Waals surface area contributed by atoms with Gasteiger partial charge in [-0.1, -0.05) is 26.0 Å². The Bertz CT molecular complexity index is 763. The standard InChI is InChI=1S/C22H31NO5/c1-21(2)13-11-15-19(14-5-4-6-16(27-3)18(14)26)28-10-8-22(15,12-13)20(21)23-17(25)7-9-24/h4-6,13,15,19-20,24,26H,7-12H2,1-3H3,(H,23,25)/t13-,15-,19-,20+,22-/m1/s1. The normalized spacial score (nSPS) is 35.4. The molecule has 1 aliphatic heterocycles. The van der Waals surface area contributed by atoms with Gasteiger partial charge in [-0.3, -0.25) is 4.79 Å². The Labute approximate surface area is 166 Å². The lowest BCUT2D eigenvalue weighted by Gasteiger charge is -2.53. The molecule has 0 unspecified atom stereocenters. The Hall–Kier alpha value is -1.79. The zero-order valence-corrected chi connectivity index (χ0v) is 16.9. The number of phenolic OH excluding ortho intramolecular Hbond substituents is 1. The van der Waals surface area contributed by atoms with E-state index in [0.29, 0.717) is 18.3 Å². The number of amides is 1. The Kier molecular flexibility index (Phi) is 4.82. The molecule has 0 radical (unpaired) electrons. The van der Waals surface area contributed by atoms with Crippen LogP contribution < -0.4 is 10.1 Å². The molecule has 1 amide bonds. The first-order valence-corrected chi connectivity index (χ1v) is 10.2. The quantitative estimate of drug-likeness (QED) is 0.721. The van der Waals surface area contributed by atoms with Gasteiger partial charge in [-0.25, -0.2) is 0 Å². The lowest BCUT2D eigenvalue weighted by Crippen LogP contribution is -2.59. The fraction of sp³-hybridized carbons (Fsp3) is 0.682. The lowest BCUT2D eigenvalue weighted by molar-refractivity contribution is -0.138. The van der Waals surface area contributed by atoms with E-state index in [-0.39, 0.29) is 53.6 Å². The second kappa shape index (κ2) is 6.92. The van der Waals surface area contributed by atoms with E-state index in [2.05, 4.69) is 19.2 Å². The Morgan fingerprint density at radius 1 is 1.39 bits per heavy atom. The number of hydrogen-bond donors (Lipinski definition) is 3. The van der Waals surface area contributed by atoms with Crippen molar-refractivity contribution in [2.24, 2.45) is 22.7 Å². The van der Waals surface area contributed by atoms with Crippen molar-refractivity contribution in [1.82, 2.24) is 5.32 Å². The largest absolute Gasteiger partial charge is 0.504 e. The minimum Gasteiger partial charge on any atom is -0.504 e. The van der Waals surface area contributed by atoms with Crippen LogP contribution in [0, 0.1) is 22.7 Å². The molecule has 2 bridgehead atoms. The number of hydrogen-bond acceptors (Lipinski definition) is 5. The summed E-state index contributed by atoms with van der Waals surface area (Å²) >= 11 is 0. The molecule has 6 heteroatoms. The summed E-state index contributed by atoms with van der Waals surface area (Å²) in [6.45, 7) is 4.97. The second-order valence-electron chi connectivity index (χ2n) is 9.21. The number of nitrogens with one attached hydrogen (secondary N) is 1. The van der Waals surface area contributed by atoms with Gasteiger partial charge >= 0.3 is 0 Å². The summed E-state index contributed by atoms with van der Waals surface area (Å²) in [5.74, 6) is 1.24. The maximum absolute atomic E-state index is 12.4. The van der Waals surface area contributed by atoms with E-state index in [1.54, 1.807) is 13.2 Å². The molecule has 1 spiro atoms. The third-order valence-electron chi connectivity index (χ3n) is 7.71. The molecule has 0 aromatic heterocycles. The van der Waals surface area contributed by atoms with Crippen LogP contribution in [0.1, 0.15) is 51.2 Å². The number of ether oxygens (including phenoxy) is 2. The Balaban J connectivity index is 1.69. The number of para-hydroxylation sites is 1. The van der Waals surface area contributed by atoms with E-state index >= 15 is 0 Å². The molecule has 1 heterocycles. The van der Waals surface area contributed by atoms with Gasteiger partial charge in [0.05, 0.1) is 19.8 Å². The van der Waals surface area contributed by atoms with Gasteiger partial charge < -0.3 is 25.0 Å². The van der Waals surface area contributed by atoms with Crippen LogP contribution in [0.5, 0.6) is 11.5 Å². The van der Waals surface area contributed by atoms with Crippen molar-refractivity contribution in [2.75, 3.05) is 20.3 Å². The zero-order chi connectivity index (χ0) is 20.1. The summed E-state index contributed by atoms with van der Waals surface area (Å²) in [7, 11) is 1.55. The van der Waals surface area contributed by atoms with Gasteiger partial charge in [0.1, 0.15) is 0 Å². The Morgan fingerprint density at radius 2 is 2.18 bits per heavy atom. The van der Waals surface area contributed by atoms with E-state index < -0.39 is 0 Å². The highest BCUT2D eigenvalue weighted by atomic mass is 16.5. The van der Waals surface area contributed by atoms with Crippen LogP contribution in [0.3, 0.4) is 0 Å². The fourth-order valence-electron chi connectivity index (χ4n) is 6.36. The van der Waals surface area contributed by atoms with Crippen molar-refractivity contribution >= 4 is 5.91 Å². The van der Waals surface area contributed by atoms with Gasteiger partial charge in [-0.2, -0.15) is 0 Å². The first-order valence-electron chi connectivity index (χ1n) is 10.2. The predicted octanol–water partition coefficient (Wildman–Crippen LogP) is 2.78. The molecule has 6 nitrogen and oxygen atoms in total. The van der Waals surface area contributed by atoms with Crippen LogP contribution in [0.2, 0.25) is 0 Å². The first kappa shape index (κ1) is 19.5. The molecular formula is C22H31NO5. The maximum atomic E-state index is 12.4. The molecule has 1 aromatic rings. The highest BCUT2D eigenvalue weighted by molar-refractivity contribution is 5.76. The SMILES string of the molecule is COc1cccc([C@H]2OCC[C@@]34C[C@@H](C[C@H]23)C(C)(C)[C@@H]4NC(=O)CCO)c1O. The number of aliphatic hydroxyl groups is 1. The van der Waals surface area contributed by atoms with E-state index in [9.17, 15) is 9.90 Å². The first-order chi connectivity index (χ1) is 13.3. The van der Waals surface area contributed by atoms with Gasteiger partial charge in [0.15, 0.2) is 11.5 Å². The average Bonchev–Trinajstić information content (AvgIpc) is 3.15. The summed E-state index contributed by atoms with van der Waals surface area (Å²) < 4.78 is 11.5. The number of carbonyl (C=O) groups is 1. The molecule has 154 valence electrons. The molecule has 1 aromatic carbocycles. The smallest absolute Gasteiger partial charge is 0.222 e. The minimum absolute atomic E-state index is 0.0000712. The summed E-state index contributed by atoms with van der Waals surface area (Å²) in [6.07, 6.45) is 2.93. The molecule has 3 aliphatic rings. The minimum atomic E-state index is -0.206. The molecule has 4 rings (SSSR count). The van der Waals surface area contributed by atoms with Crippen LogP contribution in [-0.2, 0) is 9.53 Å². The second-order valence-corrected chi connectivity index (χ2v) is 9.21. The van der Waals surface area contributed by atoms with E-state index in [0.717, 1.165) is 24.8 Å². The van der Waals surface area contributed by atoms with Gasteiger partial charge in [-0.15, -0.1) is 0 Å². The molecule has 3 fully saturated rings. The Morgan fingerprint density at radius 3 is 2.89 bits per heavy atom. The molecule has 2 aliphatic carbocycles. The van der Waals surface area contributed by atoms with E-state index in [1.807, 2.05) is 12.1 Å². The number of phenols is 1. The number of aromatic hydroxyl groups is 1. The third kappa shape index (κ3) is 2.72. The monoisotopic (exact) mass is 389 g/mol.